The Labute approximate surface area is 255 Å². The Hall–Kier alpha value is -2.32. The van der Waals surface area contributed by atoms with E-state index in [2.05, 4.69) is 15.8 Å². The van der Waals surface area contributed by atoms with Crippen LogP contribution in [0.5, 0.6) is 0 Å². The van der Waals surface area contributed by atoms with Crippen LogP contribution in [0.25, 0.3) is 6.08 Å². The first-order valence-corrected chi connectivity index (χ1v) is 16.1. The van der Waals surface area contributed by atoms with Gasteiger partial charge < -0.3 is 14.9 Å². The van der Waals surface area contributed by atoms with Crippen molar-refractivity contribution in [1.29, 1.82) is 0 Å². The molecule has 0 atom stereocenters. The summed E-state index contributed by atoms with van der Waals surface area (Å²) in [5.74, 6) is -1.25. The Bertz CT molecular complexity index is 1410. The van der Waals surface area contributed by atoms with E-state index >= 15 is 0 Å². The first-order chi connectivity index (χ1) is 19.4. The fourth-order valence-electron chi connectivity index (χ4n) is 4.71. The summed E-state index contributed by atoms with van der Waals surface area (Å²) in [6.07, 6.45) is 4.28. The first-order valence-electron chi connectivity index (χ1n) is 13.1. The summed E-state index contributed by atoms with van der Waals surface area (Å²) in [6.45, 7) is 2.34. The van der Waals surface area contributed by atoms with Crippen molar-refractivity contribution in [2.45, 2.75) is 22.6 Å². The lowest BCUT2D eigenvalue weighted by Crippen LogP contribution is -2.54. The maximum Gasteiger partial charge on any atom is 0.306 e. The zero-order chi connectivity index (χ0) is 29.7. The summed E-state index contributed by atoms with van der Waals surface area (Å²) in [5.41, 5.74) is 1.63. The minimum absolute atomic E-state index is 0.197. The zero-order valence-electron chi connectivity index (χ0n) is 22.8. The number of carbonyl (C=O) groups excluding carboxylic acids is 1. The van der Waals surface area contributed by atoms with Crippen molar-refractivity contribution in [3.05, 3.63) is 58.1 Å². The molecule has 14 heteroatoms. The summed E-state index contributed by atoms with van der Waals surface area (Å²) < 4.78 is 26.0. The predicted octanol–water partition coefficient (Wildman–Crippen LogP) is 3.91. The number of anilines is 1. The Morgan fingerprint density at radius 1 is 1.02 bits per heavy atom. The van der Waals surface area contributed by atoms with Gasteiger partial charge in [0.2, 0.25) is 5.91 Å². The molecule has 0 spiro atoms. The van der Waals surface area contributed by atoms with Crippen molar-refractivity contribution in [3.8, 4) is 0 Å². The second kappa shape index (κ2) is 13.8. The van der Waals surface area contributed by atoms with Gasteiger partial charge in [0.1, 0.15) is 0 Å². The molecule has 2 fully saturated rings. The second-order valence-electron chi connectivity index (χ2n) is 10.0. The predicted molar refractivity (Wildman–Crippen MR) is 163 cm³/mol. The molecule has 0 bridgehead atoms. The van der Waals surface area contributed by atoms with Gasteiger partial charge in [-0.05, 0) is 48.7 Å². The topological polar surface area (TPSA) is 114 Å². The van der Waals surface area contributed by atoms with E-state index in [-0.39, 0.29) is 38.0 Å². The number of piperazine rings is 1. The van der Waals surface area contributed by atoms with E-state index in [0.717, 1.165) is 15.5 Å². The lowest BCUT2D eigenvalue weighted by molar-refractivity contribution is -0.142. The van der Waals surface area contributed by atoms with Gasteiger partial charge in [-0.25, -0.2) is 5.01 Å². The van der Waals surface area contributed by atoms with Crippen molar-refractivity contribution in [2.24, 2.45) is 5.92 Å². The van der Waals surface area contributed by atoms with Gasteiger partial charge in [0.05, 0.1) is 16.0 Å². The Morgan fingerprint density at radius 2 is 1.71 bits per heavy atom. The molecule has 0 aromatic heterocycles. The van der Waals surface area contributed by atoms with Crippen molar-refractivity contribution in [1.82, 2.24) is 19.0 Å². The summed E-state index contributed by atoms with van der Waals surface area (Å²) in [7, 11) is -0.448. The smallest absolute Gasteiger partial charge is 0.306 e. The number of carboxylic acids is 1. The molecule has 2 aromatic carbocycles. The number of aliphatic carboxylic acids is 1. The number of carbonyl (C=O) groups is 2. The normalized spacial score (nSPS) is 17.5. The number of carboxylic acid groups (broad SMARTS) is 1. The molecule has 2 aliphatic rings. The van der Waals surface area contributed by atoms with Crippen LogP contribution in [0.1, 0.15) is 18.4 Å². The number of piperidine rings is 1. The third kappa shape index (κ3) is 8.16. The fourth-order valence-corrected chi connectivity index (χ4v) is 7.41. The van der Waals surface area contributed by atoms with E-state index < -0.39 is 16.2 Å². The standard InChI is InChI=1S/C27H33Cl2N5O5S2/c1-31(2)30-41(38,39)34-16-14-33(15-17-34)24(35)9-7-19-6-8-23(26(29)25(19)28)40-22-5-3-4-21(18-22)32-12-10-20(11-13-32)27(36)37/h3-9,18,20,30H,10-17H2,1-2H3,(H,36,37)/b9-7+. The van der Waals surface area contributed by atoms with E-state index in [4.69, 9.17) is 23.2 Å². The molecule has 2 aromatic rings. The summed E-state index contributed by atoms with van der Waals surface area (Å²) in [4.78, 5) is 31.9. The summed E-state index contributed by atoms with van der Waals surface area (Å²) in [5, 5.41) is 11.3. The van der Waals surface area contributed by atoms with Crippen LogP contribution in [0, 0.1) is 5.92 Å². The van der Waals surface area contributed by atoms with Crippen molar-refractivity contribution >= 4 is 68.8 Å². The Balaban J connectivity index is 1.36. The maximum absolute atomic E-state index is 12.8. The van der Waals surface area contributed by atoms with Gasteiger partial charge in [-0.2, -0.15) is 12.7 Å². The number of nitrogens with one attached hydrogen (secondary N) is 1. The third-order valence-corrected chi connectivity index (χ3v) is 10.6. The van der Waals surface area contributed by atoms with E-state index in [0.29, 0.717) is 41.5 Å². The number of hydrogen-bond donors (Lipinski definition) is 2. The lowest BCUT2D eigenvalue weighted by atomic mass is 9.97. The van der Waals surface area contributed by atoms with Crippen LogP contribution in [0.3, 0.4) is 0 Å². The molecule has 0 radical (unpaired) electrons. The van der Waals surface area contributed by atoms with Crippen LogP contribution in [0.2, 0.25) is 10.0 Å². The molecular weight excluding hydrogens is 609 g/mol. The highest BCUT2D eigenvalue weighted by Crippen LogP contribution is 2.40. The van der Waals surface area contributed by atoms with Gasteiger partial charge >= 0.3 is 5.97 Å². The fraction of sp³-hybridized carbons (Fsp3) is 0.407. The molecular formula is C27H33Cl2N5O5S2. The molecule has 2 heterocycles. The molecule has 2 aliphatic heterocycles. The summed E-state index contributed by atoms with van der Waals surface area (Å²) in [6, 6.07) is 11.7. The van der Waals surface area contributed by atoms with E-state index in [1.807, 2.05) is 24.3 Å². The van der Waals surface area contributed by atoms with Crippen LogP contribution >= 0.6 is 35.0 Å². The minimum atomic E-state index is -3.64. The largest absolute Gasteiger partial charge is 0.481 e. The van der Waals surface area contributed by atoms with Gasteiger partial charge in [0.25, 0.3) is 10.2 Å². The Morgan fingerprint density at radius 3 is 2.34 bits per heavy atom. The maximum atomic E-state index is 12.8. The molecule has 0 aliphatic carbocycles. The average molecular weight is 643 g/mol. The van der Waals surface area contributed by atoms with Gasteiger partial charge in [0, 0.05) is 74.9 Å². The number of amides is 1. The minimum Gasteiger partial charge on any atom is -0.481 e. The first kappa shape index (κ1) is 31.6. The molecule has 2 N–H and O–H groups in total. The molecule has 10 nitrogen and oxygen atoms in total. The van der Waals surface area contributed by atoms with E-state index in [1.165, 1.54) is 27.2 Å². The van der Waals surface area contributed by atoms with Crippen LogP contribution in [-0.4, -0.2) is 93.0 Å². The number of halogens is 2. The number of nitrogens with zero attached hydrogens (tertiary/aromatic N) is 4. The van der Waals surface area contributed by atoms with Crippen molar-refractivity contribution in [2.75, 3.05) is 58.3 Å². The van der Waals surface area contributed by atoms with Gasteiger partial charge in [0.15, 0.2) is 0 Å². The molecule has 1 amide bonds. The van der Waals surface area contributed by atoms with E-state index in [9.17, 15) is 23.1 Å². The number of benzene rings is 2. The SMILES string of the molecule is CN(C)NS(=O)(=O)N1CCN(C(=O)/C=C/c2ccc(Sc3cccc(N4CCC(C(=O)O)CC4)c3)c(Cl)c2Cl)CC1. The third-order valence-electron chi connectivity index (χ3n) is 6.93. The number of hydrogen-bond acceptors (Lipinski definition) is 7. The number of rotatable bonds is 9. The lowest BCUT2D eigenvalue weighted by Gasteiger charge is -2.34. The second-order valence-corrected chi connectivity index (χ2v) is 13.5. The van der Waals surface area contributed by atoms with Crippen LogP contribution in [-0.2, 0) is 19.8 Å². The summed E-state index contributed by atoms with van der Waals surface area (Å²) >= 11 is 14.7. The molecule has 0 unspecified atom stereocenters. The molecule has 222 valence electrons. The molecule has 4 rings (SSSR count). The number of hydrazine groups is 1. The van der Waals surface area contributed by atoms with Crippen LogP contribution < -0.4 is 9.73 Å². The molecule has 2 saturated heterocycles. The quantitative estimate of drug-likeness (QED) is 0.313. The highest BCUT2D eigenvalue weighted by molar-refractivity contribution is 7.99. The zero-order valence-corrected chi connectivity index (χ0v) is 25.9. The molecule has 41 heavy (non-hydrogen) atoms. The van der Waals surface area contributed by atoms with E-state index in [1.54, 1.807) is 31.1 Å². The van der Waals surface area contributed by atoms with Crippen LogP contribution in [0.15, 0.2) is 52.3 Å². The highest BCUT2D eigenvalue weighted by atomic mass is 35.5. The monoisotopic (exact) mass is 641 g/mol. The molecule has 0 saturated carbocycles. The van der Waals surface area contributed by atoms with Gasteiger partial charge in [-0.1, -0.05) is 47.1 Å². The Kier molecular flexibility index (Phi) is 10.6. The van der Waals surface area contributed by atoms with Gasteiger partial charge in [-0.15, -0.1) is 4.83 Å². The highest BCUT2D eigenvalue weighted by Gasteiger charge is 2.28. The van der Waals surface area contributed by atoms with Crippen molar-refractivity contribution < 1.29 is 23.1 Å². The van der Waals surface area contributed by atoms with Crippen LogP contribution in [0.4, 0.5) is 5.69 Å². The van der Waals surface area contributed by atoms with Gasteiger partial charge in [-0.3, -0.25) is 9.59 Å². The average Bonchev–Trinajstić information content (AvgIpc) is 2.94. The van der Waals surface area contributed by atoms with Crippen molar-refractivity contribution in [3.63, 3.8) is 0 Å².